The van der Waals surface area contributed by atoms with E-state index in [1.807, 2.05) is 0 Å². The number of pyridine rings is 1. The number of hydrogen-bond acceptors (Lipinski definition) is 3. The first-order valence-corrected chi connectivity index (χ1v) is 7.86. The first-order chi connectivity index (χ1) is 9.70. The molecule has 2 aliphatic rings. The molecule has 0 bridgehead atoms. The minimum atomic E-state index is 0.530. The Balaban J connectivity index is 1.94. The fraction of sp³-hybridized carbons (Fsp3) is 0.647. The summed E-state index contributed by atoms with van der Waals surface area (Å²) in [5, 5.41) is 9.45. The Labute approximate surface area is 121 Å². The van der Waals surface area contributed by atoms with Crippen molar-refractivity contribution in [2.24, 2.45) is 5.92 Å². The van der Waals surface area contributed by atoms with Crippen molar-refractivity contribution in [1.29, 1.82) is 5.26 Å². The van der Waals surface area contributed by atoms with Gasteiger partial charge in [0.1, 0.15) is 11.9 Å². The highest BCUT2D eigenvalue weighted by Gasteiger charge is 2.28. The SMILES string of the molecule is CC1CCCCC1N(C)c1nc2c(cc1C#N)CCC2. The van der Waals surface area contributed by atoms with E-state index < -0.39 is 0 Å². The lowest BCUT2D eigenvalue weighted by atomic mass is 9.85. The third-order valence-electron chi connectivity index (χ3n) is 5.05. The van der Waals surface area contributed by atoms with Crippen molar-refractivity contribution in [3.63, 3.8) is 0 Å². The molecule has 0 spiro atoms. The van der Waals surface area contributed by atoms with Gasteiger partial charge in [-0.1, -0.05) is 19.8 Å². The normalized spacial score (nSPS) is 25.1. The molecule has 0 aliphatic heterocycles. The maximum Gasteiger partial charge on any atom is 0.146 e. The minimum Gasteiger partial charge on any atom is -0.355 e. The molecule has 2 atom stereocenters. The Kier molecular flexibility index (Phi) is 3.65. The van der Waals surface area contributed by atoms with Gasteiger partial charge in [-0.25, -0.2) is 4.98 Å². The van der Waals surface area contributed by atoms with E-state index in [0.29, 0.717) is 12.0 Å². The zero-order chi connectivity index (χ0) is 14.1. The average Bonchev–Trinajstić information content (AvgIpc) is 2.92. The Bertz CT molecular complexity index is 544. The molecule has 20 heavy (non-hydrogen) atoms. The van der Waals surface area contributed by atoms with Gasteiger partial charge in [-0.15, -0.1) is 0 Å². The van der Waals surface area contributed by atoms with Gasteiger partial charge in [0.2, 0.25) is 0 Å². The summed E-state index contributed by atoms with van der Waals surface area (Å²) in [7, 11) is 2.12. The second-order valence-electron chi connectivity index (χ2n) is 6.37. The second kappa shape index (κ2) is 5.44. The summed E-state index contributed by atoms with van der Waals surface area (Å²) < 4.78 is 0. The zero-order valence-electron chi connectivity index (χ0n) is 12.5. The van der Waals surface area contributed by atoms with Crippen LogP contribution in [0.5, 0.6) is 0 Å². The Morgan fingerprint density at radius 3 is 2.80 bits per heavy atom. The van der Waals surface area contributed by atoms with Crippen LogP contribution in [-0.2, 0) is 12.8 Å². The fourth-order valence-corrected chi connectivity index (χ4v) is 3.84. The van der Waals surface area contributed by atoms with E-state index in [9.17, 15) is 5.26 Å². The van der Waals surface area contributed by atoms with Crippen molar-refractivity contribution < 1.29 is 0 Å². The molecule has 1 aromatic heterocycles. The Morgan fingerprint density at radius 2 is 2.05 bits per heavy atom. The molecular formula is C17H23N3. The van der Waals surface area contributed by atoms with Gasteiger partial charge in [-0.3, -0.25) is 0 Å². The highest BCUT2D eigenvalue weighted by molar-refractivity contribution is 5.57. The smallest absolute Gasteiger partial charge is 0.146 e. The van der Waals surface area contributed by atoms with Crippen molar-refractivity contribution in [2.75, 3.05) is 11.9 Å². The topological polar surface area (TPSA) is 39.9 Å². The quantitative estimate of drug-likeness (QED) is 0.825. The van der Waals surface area contributed by atoms with E-state index in [1.54, 1.807) is 0 Å². The monoisotopic (exact) mass is 269 g/mol. The highest BCUT2D eigenvalue weighted by Crippen LogP contribution is 2.33. The van der Waals surface area contributed by atoms with Gasteiger partial charge >= 0.3 is 0 Å². The van der Waals surface area contributed by atoms with Crippen LogP contribution in [0.15, 0.2) is 6.07 Å². The number of rotatable bonds is 2. The van der Waals surface area contributed by atoms with E-state index in [2.05, 4.69) is 31.0 Å². The van der Waals surface area contributed by atoms with Crippen LogP contribution in [0.2, 0.25) is 0 Å². The summed E-state index contributed by atoms with van der Waals surface area (Å²) in [5.74, 6) is 1.60. The van der Waals surface area contributed by atoms with Crippen LogP contribution in [0.3, 0.4) is 0 Å². The van der Waals surface area contributed by atoms with Gasteiger partial charge in [-0.05, 0) is 49.7 Å². The molecule has 1 heterocycles. The average molecular weight is 269 g/mol. The van der Waals surface area contributed by atoms with Crippen LogP contribution >= 0.6 is 0 Å². The van der Waals surface area contributed by atoms with Crippen molar-refractivity contribution in [1.82, 2.24) is 4.98 Å². The molecule has 2 unspecified atom stereocenters. The standard InChI is InChI=1S/C17H23N3/c1-12-6-3-4-9-16(12)20(2)17-14(11-18)10-13-7-5-8-15(13)19-17/h10,12,16H,3-9H2,1-2H3. The molecule has 0 radical (unpaired) electrons. The number of anilines is 1. The number of aromatic nitrogens is 1. The Morgan fingerprint density at radius 1 is 1.25 bits per heavy atom. The van der Waals surface area contributed by atoms with Crippen LogP contribution in [0.25, 0.3) is 0 Å². The second-order valence-corrected chi connectivity index (χ2v) is 6.37. The first kappa shape index (κ1) is 13.4. The third-order valence-corrected chi connectivity index (χ3v) is 5.05. The molecule has 0 saturated heterocycles. The summed E-state index contributed by atoms with van der Waals surface area (Å²) in [5.41, 5.74) is 3.26. The lowest BCUT2D eigenvalue weighted by Crippen LogP contribution is -2.40. The molecule has 0 amide bonds. The number of aryl methyl sites for hydroxylation is 2. The van der Waals surface area contributed by atoms with Gasteiger partial charge in [0, 0.05) is 18.8 Å². The molecule has 3 heteroatoms. The maximum atomic E-state index is 9.45. The van der Waals surface area contributed by atoms with Crippen molar-refractivity contribution in [3.05, 3.63) is 22.9 Å². The van der Waals surface area contributed by atoms with Crippen LogP contribution in [0.1, 0.15) is 55.8 Å². The number of hydrogen-bond donors (Lipinski definition) is 0. The molecule has 1 fully saturated rings. The summed E-state index contributed by atoms with van der Waals surface area (Å²) in [4.78, 5) is 7.12. The zero-order valence-corrected chi connectivity index (χ0v) is 12.5. The molecule has 1 aromatic rings. The number of fused-ring (bicyclic) bond motifs is 1. The van der Waals surface area contributed by atoms with Gasteiger partial charge < -0.3 is 4.90 Å². The van der Waals surface area contributed by atoms with Crippen molar-refractivity contribution in [2.45, 2.75) is 57.9 Å². The largest absolute Gasteiger partial charge is 0.355 e. The minimum absolute atomic E-state index is 0.530. The molecule has 1 saturated carbocycles. The number of nitrogens with zero attached hydrogens (tertiary/aromatic N) is 3. The highest BCUT2D eigenvalue weighted by atomic mass is 15.2. The van der Waals surface area contributed by atoms with Gasteiger partial charge in [0.15, 0.2) is 0 Å². The summed E-state index contributed by atoms with van der Waals surface area (Å²) in [6.45, 7) is 2.33. The first-order valence-electron chi connectivity index (χ1n) is 7.86. The number of nitriles is 1. The van der Waals surface area contributed by atoms with Crippen LogP contribution in [0, 0.1) is 17.2 Å². The fourth-order valence-electron chi connectivity index (χ4n) is 3.84. The third kappa shape index (κ3) is 2.28. The van der Waals surface area contributed by atoms with Gasteiger partial charge in [-0.2, -0.15) is 5.26 Å². The van der Waals surface area contributed by atoms with Crippen LogP contribution < -0.4 is 4.90 Å². The van der Waals surface area contributed by atoms with Gasteiger partial charge in [0.25, 0.3) is 0 Å². The summed E-state index contributed by atoms with van der Waals surface area (Å²) in [6.07, 6.45) is 8.49. The molecule has 0 N–H and O–H groups in total. The molecule has 3 rings (SSSR count). The van der Waals surface area contributed by atoms with Crippen LogP contribution in [-0.4, -0.2) is 18.1 Å². The lowest BCUT2D eigenvalue weighted by molar-refractivity contribution is 0.320. The van der Waals surface area contributed by atoms with E-state index >= 15 is 0 Å². The summed E-state index contributed by atoms with van der Waals surface area (Å²) in [6, 6.07) is 4.96. The Hall–Kier alpha value is -1.56. The summed E-state index contributed by atoms with van der Waals surface area (Å²) >= 11 is 0. The predicted molar refractivity (Wildman–Crippen MR) is 80.8 cm³/mol. The molecule has 106 valence electrons. The maximum absolute atomic E-state index is 9.45. The van der Waals surface area contributed by atoms with Crippen molar-refractivity contribution in [3.8, 4) is 6.07 Å². The molecular weight excluding hydrogens is 246 g/mol. The van der Waals surface area contributed by atoms with Crippen molar-refractivity contribution >= 4 is 5.82 Å². The molecule has 0 aromatic carbocycles. The molecule has 3 nitrogen and oxygen atoms in total. The molecule has 2 aliphatic carbocycles. The lowest BCUT2D eigenvalue weighted by Gasteiger charge is -2.37. The van der Waals surface area contributed by atoms with E-state index in [1.165, 1.54) is 43.4 Å². The van der Waals surface area contributed by atoms with Gasteiger partial charge in [0.05, 0.1) is 5.56 Å². The van der Waals surface area contributed by atoms with E-state index in [-0.39, 0.29) is 0 Å². The van der Waals surface area contributed by atoms with Crippen LogP contribution in [0.4, 0.5) is 5.82 Å². The predicted octanol–water partition coefficient (Wildman–Crippen LogP) is 3.46. The van der Waals surface area contributed by atoms with E-state index in [0.717, 1.165) is 24.2 Å². The van der Waals surface area contributed by atoms with E-state index in [4.69, 9.17) is 4.98 Å².